The monoisotopic (exact) mass is 300 g/mol. The van der Waals surface area contributed by atoms with Crippen molar-refractivity contribution in [1.82, 2.24) is 0 Å². The molecule has 0 radical (unpaired) electrons. The Morgan fingerprint density at radius 1 is 1.47 bits per heavy atom. The summed E-state index contributed by atoms with van der Waals surface area (Å²) < 4.78 is 5.58. The normalized spacial score (nSPS) is 16.1. The molecule has 0 amide bonds. The Labute approximate surface area is 122 Å². The molecule has 3 nitrogen and oxygen atoms in total. The van der Waals surface area contributed by atoms with Gasteiger partial charge < -0.3 is 9.84 Å². The average molecular weight is 301 g/mol. The van der Waals surface area contributed by atoms with Crippen LogP contribution >= 0.6 is 23.4 Å². The van der Waals surface area contributed by atoms with Crippen molar-refractivity contribution in [1.29, 1.82) is 0 Å². The molecule has 0 saturated heterocycles. The van der Waals surface area contributed by atoms with Gasteiger partial charge in [0.05, 0.1) is 13.0 Å². The Bertz CT molecular complexity index is 446. The van der Waals surface area contributed by atoms with Crippen molar-refractivity contribution >= 4 is 29.3 Å². The summed E-state index contributed by atoms with van der Waals surface area (Å²) in [5, 5.41) is 9.49. The van der Waals surface area contributed by atoms with Gasteiger partial charge in [0.25, 0.3) is 0 Å². The predicted octanol–water partition coefficient (Wildman–Crippen LogP) is 3.71. The zero-order chi connectivity index (χ0) is 13.7. The number of hydrogen-bond acceptors (Lipinski definition) is 3. The van der Waals surface area contributed by atoms with Gasteiger partial charge in [0.15, 0.2) is 0 Å². The summed E-state index contributed by atoms with van der Waals surface area (Å²) in [5.41, 5.74) is 0.0621. The fourth-order valence-corrected chi connectivity index (χ4v) is 3.28. The van der Waals surface area contributed by atoms with Crippen LogP contribution in [-0.4, -0.2) is 29.2 Å². The first-order valence-corrected chi connectivity index (χ1v) is 7.81. The predicted molar refractivity (Wildman–Crippen MR) is 78.2 cm³/mol. The van der Waals surface area contributed by atoms with Crippen LogP contribution in [0.1, 0.15) is 19.3 Å². The zero-order valence-electron chi connectivity index (χ0n) is 10.6. The smallest absolute Gasteiger partial charge is 0.303 e. The first-order chi connectivity index (χ1) is 9.10. The summed E-state index contributed by atoms with van der Waals surface area (Å²) in [5.74, 6) is 1.87. The van der Waals surface area contributed by atoms with E-state index in [0.29, 0.717) is 18.1 Å². The van der Waals surface area contributed by atoms with Crippen molar-refractivity contribution < 1.29 is 14.6 Å². The Morgan fingerprint density at radius 3 is 2.89 bits per heavy atom. The minimum atomic E-state index is -0.687. The van der Waals surface area contributed by atoms with Gasteiger partial charge in [-0.3, -0.25) is 4.79 Å². The lowest BCUT2D eigenvalue weighted by Crippen LogP contribution is -2.12. The van der Waals surface area contributed by atoms with Crippen LogP contribution in [0.15, 0.2) is 24.3 Å². The molecule has 1 fully saturated rings. The second-order valence-corrected chi connectivity index (χ2v) is 6.47. The van der Waals surface area contributed by atoms with Crippen molar-refractivity contribution in [3.8, 4) is 5.75 Å². The van der Waals surface area contributed by atoms with Gasteiger partial charge in [0.2, 0.25) is 0 Å². The van der Waals surface area contributed by atoms with Crippen LogP contribution in [-0.2, 0) is 4.79 Å². The Kier molecular flexibility index (Phi) is 4.99. The highest BCUT2D eigenvalue weighted by Crippen LogP contribution is 2.50. The van der Waals surface area contributed by atoms with E-state index in [9.17, 15) is 4.79 Å². The first kappa shape index (κ1) is 14.5. The highest BCUT2D eigenvalue weighted by molar-refractivity contribution is 7.99. The molecule has 1 saturated carbocycles. The highest BCUT2D eigenvalue weighted by Gasteiger charge is 2.43. The second kappa shape index (κ2) is 6.53. The molecule has 0 spiro atoms. The molecule has 1 N–H and O–H groups in total. The molecule has 2 rings (SSSR count). The van der Waals surface area contributed by atoms with Crippen LogP contribution in [0.4, 0.5) is 0 Å². The molecule has 1 aliphatic carbocycles. The third-order valence-electron chi connectivity index (χ3n) is 3.18. The highest BCUT2D eigenvalue weighted by atomic mass is 35.5. The number of aliphatic carboxylic acids is 1. The standard InChI is InChI=1S/C14H17ClO3S/c15-11-2-1-3-12(8-11)18-6-7-19-10-14(4-5-14)9-13(16)17/h1-3,8H,4-7,9-10H2,(H,16,17). The fourth-order valence-electron chi connectivity index (χ4n) is 1.93. The average Bonchev–Trinajstić information content (AvgIpc) is 3.08. The number of thioether (sulfide) groups is 1. The maximum absolute atomic E-state index is 10.7. The summed E-state index contributed by atoms with van der Waals surface area (Å²) in [6.07, 6.45) is 2.39. The quantitative estimate of drug-likeness (QED) is 0.744. The van der Waals surface area contributed by atoms with Crippen molar-refractivity contribution in [2.45, 2.75) is 19.3 Å². The Hall–Kier alpha value is -0.870. The van der Waals surface area contributed by atoms with Crippen LogP contribution in [0.2, 0.25) is 5.02 Å². The van der Waals surface area contributed by atoms with Crippen LogP contribution in [0.25, 0.3) is 0 Å². The van der Waals surface area contributed by atoms with Crippen molar-refractivity contribution in [2.75, 3.05) is 18.1 Å². The number of hydrogen-bond donors (Lipinski definition) is 1. The minimum absolute atomic E-state index is 0.0621. The van der Waals surface area contributed by atoms with E-state index in [1.165, 1.54) is 0 Å². The minimum Gasteiger partial charge on any atom is -0.493 e. The largest absolute Gasteiger partial charge is 0.493 e. The summed E-state index contributed by atoms with van der Waals surface area (Å²) in [6, 6.07) is 7.34. The number of carboxylic acids is 1. The lowest BCUT2D eigenvalue weighted by Gasteiger charge is -2.12. The van der Waals surface area contributed by atoms with Gasteiger partial charge in [-0.25, -0.2) is 0 Å². The molecule has 0 unspecified atom stereocenters. The number of carbonyl (C=O) groups is 1. The Morgan fingerprint density at radius 2 is 2.26 bits per heavy atom. The first-order valence-electron chi connectivity index (χ1n) is 6.28. The van der Waals surface area contributed by atoms with E-state index in [1.54, 1.807) is 17.8 Å². The third-order valence-corrected chi connectivity index (χ3v) is 4.69. The molecule has 104 valence electrons. The molecular weight excluding hydrogens is 284 g/mol. The van der Waals surface area contributed by atoms with Gasteiger partial charge in [-0.05, 0) is 42.2 Å². The fraction of sp³-hybridized carbons (Fsp3) is 0.500. The summed E-state index contributed by atoms with van der Waals surface area (Å²) >= 11 is 7.63. The van der Waals surface area contributed by atoms with Gasteiger partial charge in [-0.15, -0.1) is 0 Å². The zero-order valence-corrected chi connectivity index (χ0v) is 12.2. The van der Waals surface area contributed by atoms with Crippen molar-refractivity contribution in [2.24, 2.45) is 5.41 Å². The second-order valence-electron chi connectivity index (χ2n) is 4.93. The van der Waals surface area contributed by atoms with E-state index in [-0.39, 0.29) is 5.41 Å². The van der Waals surface area contributed by atoms with Gasteiger partial charge >= 0.3 is 5.97 Å². The van der Waals surface area contributed by atoms with E-state index in [1.807, 2.05) is 18.2 Å². The molecule has 1 aliphatic rings. The van der Waals surface area contributed by atoms with Crippen LogP contribution in [0.5, 0.6) is 5.75 Å². The molecule has 0 heterocycles. The number of halogens is 1. The van der Waals surface area contributed by atoms with E-state index in [2.05, 4.69) is 0 Å². The van der Waals surface area contributed by atoms with Crippen molar-refractivity contribution in [3.05, 3.63) is 29.3 Å². The van der Waals surface area contributed by atoms with Crippen LogP contribution in [0, 0.1) is 5.41 Å². The molecule has 0 bridgehead atoms. The van der Waals surface area contributed by atoms with Gasteiger partial charge in [-0.1, -0.05) is 17.7 Å². The number of rotatable bonds is 8. The number of carboxylic acid groups (broad SMARTS) is 1. The maximum Gasteiger partial charge on any atom is 0.303 e. The maximum atomic E-state index is 10.7. The van der Waals surface area contributed by atoms with E-state index < -0.39 is 5.97 Å². The van der Waals surface area contributed by atoms with E-state index in [4.69, 9.17) is 21.4 Å². The summed E-state index contributed by atoms with van der Waals surface area (Å²) in [4.78, 5) is 10.7. The molecule has 1 aromatic carbocycles. The van der Waals surface area contributed by atoms with E-state index in [0.717, 1.165) is 30.1 Å². The Balaban J connectivity index is 1.61. The van der Waals surface area contributed by atoms with Gasteiger partial charge in [-0.2, -0.15) is 11.8 Å². The van der Waals surface area contributed by atoms with Crippen LogP contribution in [0.3, 0.4) is 0 Å². The molecular formula is C14H17ClO3S. The van der Waals surface area contributed by atoms with Gasteiger partial charge in [0.1, 0.15) is 5.75 Å². The van der Waals surface area contributed by atoms with Crippen molar-refractivity contribution in [3.63, 3.8) is 0 Å². The molecule has 0 atom stereocenters. The molecule has 5 heteroatoms. The van der Waals surface area contributed by atoms with E-state index >= 15 is 0 Å². The van der Waals surface area contributed by atoms with Crippen LogP contribution < -0.4 is 4.74 Å². The number of benzene rings is 1. The third kappa shape index (κ3) is 4.96. The lowest BCUT2D eigenvalue weighted by molar-refractivity contribution is -0.138. The summed E-state index contributed by atoms with van der Waals surface area (Å²) in [6.45, 7) is 0.619. The summed E-state index contributed by atoms with van der Waals surface area (Å²) in [7, 11) is 0. The SMILES string of the molecule is O=C(O)CC1(CSCCOc2cccc(Cl)c2)CC1. The molecule has 0 aromatic heterocycles. The van der Waals surface area contributed by atoms with Gasteiger partial charge in [0, 0.05) is 10.8 Å². The molecule has 0 aliphatic heterocycles. The lowest BCUT2D eigenvalue weighted by atomic mass is 10.1. The molecule has 19 heavy (non-hydrogen) atoms. The number of ether oxygens (including phenoxy) is 1. The topological polar surface area (TPSA) is 46.5 Å². The molecule has 1 aromatic rings.